The first-order valence-electron chi connectivity index (χ1n) is 9.51. The van der Waals surface area contributed by atoms with Gasteiger partial charge in [0.1, 0.15) is 5.01 Å². The molecule has 0 spiro atoms. The monoisotopic (exact) mass is 380 g/mol. The fraction of sp³-hybridized carbons (Fsp3) is 0.400. The summed E-state index contributed by atoms with van der Waals surface area (Å²) in [6.45, 7) is 4.24. The average Bonchev–Trinajstić information content (AvgIpc) is 3.36. The first kappa shape index (κ1) is 18.0. The number of hydrogen-bond acceptors (Lipinski definition) is 7. The van der Waals surface area contributed by atoms with Crippen molar-refractivity contribution in [3.05, 3.63) is 59.0 Å². The maximum Gasteiger partial charge on any atom is 0.211 e. The standard InChI is InChI=1S/C20H24N6S/c1-2-19-24-25-20(27-19)23-18-14-21-13-16(22-18)17-9-6-11-26(17)12-10-15-7-4-3-5-8-15/h3-5,7-8,13-14,17H,2,6,9-12H2,1H3,(H,22,23,25). The van der Waals surface area contributed by atoms with Crippen molar-refractivity contribution >= 4 is 22.3 Å². The van der Waals surface area contributed by atoms with E-state index in [4.69, 9.17) is 4.98 Å². The molecule has 1 saturated heterocycles. The molecule has 27 heavy (non-hydrogen) atoms. The number of likely N-dealkylation sites (tertiary alicyclic amines) is 1. The van der Waals surface area contributed by atoms with Gasteiger partial charge in [-0.1, -0.05) is 48.6 Å². The van der Waals surface area contributed by atoms with E-state index in [1.54, 1.807) is 17.5 Å². The number of nitrogens with one attached hydrogen (secondary N) is 1. The lowest BCUT2D eigenvalue weighted by atomic mass is 10.1. The Hall–Kier alpha value is -2.38. The fourth-order valence-corrected chi connectivity index (χ4v) is 4.19. The smallest absolute Gasteiger partial charge is 0.211 e. The number of aromatic nitrogens is 4. The highest BCUT2D eigenvalue weighted by atomic mass is 32.1. The minimum absolute atomic E-state index is 0.337. The van der Waals surface area contributed by atoms with Gasteiger partial charge in [0.15, 0.2) is 5.82 Å². The van der Waals surface area contributed by atoms with Crippen molar-refractivity contribution in [3.63, 3.8) is 0 Å². The molecule has 4 rings (SSSR count). The minimum atomic E-state index is 0.337. The lowest BCUT2D eigenvalue weighted by Crippen LogP contribution is -2.26. The van der Waals surface area contributed by atoms with Gasteiger partial charge in [-0.3, -0.25) is 9.88 Å². The number of nitrogens with zero attached hydrogens (tertiary/aromatic N) is 5. The number of hydrogen-bond donors (Lipinski definition) is 1. The van der Waals surface area contributed by atoms with E-state index in [1.807, 2.05) is 6.20 Å². The second-order valence-corrected chi connectivity index (χ2v) is 7.80. The van der Waals surface area contributed by atoms with Crippen LogP contribution in [0.2, 0.25) is 0 Å². The number of aryl methyl sites for hydroxylation is 1. The quantitative estimate of drug-likeness (QED) is 0.668. The van der Waals surface area contributed by atoms with E-state index >= 15 is 0 Å². The summed E-state index contributed by atoms with van der Waals surface area (Å²) in [6.07, 6.45) is 7.94. The van der Waals surface area contributed by atoms with E-state index < -0.39 is 0 Å². The van der Waals surface area contributed by atoms with Gasteiger partial charge in [0.05, 0.1) is 24.1 Å². The molecular formula is C20H24N6S. The van der Waals surface area contributed by atoms with Gasteiger partial charge in [0, 0.05) is 6.54 Å². The molecule has 0 saturated carbocycles. The molecular weight excluding hydrogens is 356 g/mol. The first-order chi connectivity index (χ1) is 13.3. The van der Waals surface area contributed by atoms with E-state index in [0.717, 1.165) is 54.0 Å². The Kier molecular flexibility index (Phi) is 5.69. The highest BCUT2D eigenvalue weighted by Gasteiger charge is 2.27. The first-order valence-corrected chi connectivity index (χ1v) is 10.3. The van der Waals surface area contributed by atoms with Crippen LogP contribution in [0.3, 0.4) is 0 Å². The average molecular weight is 381 g/mol. The number of benzene rings is 1. The Morgan fingerprint density at radius 3 is 2.89 bits per heavy atom. The summed E-state index contributed by atoms with van der Waals surface area (Å²) >= 11 is 1.56. The summed E-state index contributed by atoms with van der Waals surface area (Å²) in [5.74, 6) is 0.737. The van der Waals surface area contributed by atoms with Crippen molar-refractivity contribution < 1.29 is 0 Å². The maximum absolute atomic E-state index is 4.81. The maximum atomic E-state index is 4.81. The molecule has 2 aromatic heterocycles. The van der Waals surface area contributed by atoms with Crippen LogP contribution in [0, 0.1) is 0 Å². The molecule has 3 aromatic rings. The summed E-state index contributed by atoms with van der Waals surface area (Å²) in [5.41, 5.74) is 2.42. The largest absolute Gasteiger partial charge is 0.313 e. The van der Waals surface area contributed by atoms with Gasteiger partial charge in [-0.15, -0.1) is 10.2 Å². The van der Waals surface area contributed by atoms with Crippen LogP contribution in [0.1, 0.15) is 42.1 Å². The second kappa shape index (κ2) is 8.54. The van der Waals surface area contributed by atoms with E-state index in [-0.39, 0.29) is 0 Å². The fourth-order valence-electron chi connectivity index (χ4n) is 3.50. The van der Waals surface area contributed by atoms with Gasteiger partial charge >= 0.3 is 0 Å². The van der Waals surface area contributed by atoms with Crippen LogP contribution >= 0.6 is 11.3 Å². The van der Waals surface area contributed by atoms with Gasteiger partial charge in [-0.25, -0.2) is 4.98 Å². The molecule has 0 aliphatic carbocycles. The highest BCUT2D eigenvalue weighted by Crippen LogP contribution is 2.31. The minimum Gasteiger partial charge on any atom is -0.313 e. The molecule has 0 amide bonds. The molecule has 1 aromatic carbocycles. The Labute approximate surface area is 163 Å². The third-order valence-corrected chi connectivity index (χ3v) is 5.88. The van der Waals surface area contributed by atoms with Crippen LogP contribution < -0.4 is 5.32 Å². The van der Waals surface area contributed by atoms with Crippen molar-refractivity contribution in [3.8, 4) is 0 Å². The zero-order valence-electron chi connectivity index (χ0n) is 15.5. The van der Waals surface area contributed by atoms with Crippen LogP contribution in [-0.4, -0.2) is 38.2 Å². The molecule has 1 N–H and O–H groups in total. The lowest BCUT2D eigenvalue weighted by molar-refractivity contribution is 0.256. The third-order valence-electron chi connectivity index (χ3n) is 4.89. The Morgan fingerprint density at radius 2 is 2.07 bits per heavy atom. The Balaban J connectivity index is 1.43. The zero-order chi connectivity index (χ0) is 18.5. The topological polar surface area (TPSA) is 66.8 Å². The molecule has 1 fully saturated rings. The van der Waals surface area contributed by atoms with Crippen LogP contribution in [0.5, 0.6) is 0 Å². The molecule has 7 heteroatoms. The van der Waals surface area contributed by atoms with Gasteiger partial charge in [-0.2, -0.15) is 0 Å². The molecule has 1 atom stereocenters. The van der Waals surface area contributed by atoms with Gasteiger partial charge < -0.3 is 5.32 Å². The lowest BCUT2D eigenvalue weighted by Gasteiger charge is -2.24. The van der Waals surface area contributed by atoms with E-state index in [2.05, 4.69) is 62.7 Å². The second-order valence-electron chi connectivity index (χ2n) is 6.74. The summed E-state index contributed by atoms with van der Waals surface area (Å²) in [5, 5.41) is 13.3. The van der Waals surface area contributed by atoms with Gasteiger partial charge in [0.25, 0.3) is 0 Å². The SMILES string of the molecule is CCc1nnc(Nc2cncc(C3CCCN3CCc3ccccc3)n2)s1. The van der Waals surface area contributed by atoms with E-state index in [1.165, 1.54) is 12.0 Å². The predicted molar refractivity (Wildman–Crippen MR) is 108 cm³/mol. The number of rotatable bonds is 7. The van der Waals surface area contributed by atoms with Crippen molar-refractivity contribution in [2.24, 2.45) is 0 Å². The summed E-state index contributed by atoms with van der Waals surface area (Å²) in [6, 6.07) is 11.0. The number of anilines is 2. The molecule has 1 aliphatic rings. The van der Waals surface area contributed by atoms with Gasteiger partial charge in [-0.05, 0) is 37.8 Å². The van der Waals surface area contributed by atoms with Crippen molar-refractivity contribution in [2.45, 2.75) is 38.6 Å². The molecule has 0 radical (unpaired) electrons. The van der Waals surface area contributed by atoms with Crippen LogP contribution in [-0.2, 0) is 12.8 Å². The van der Waals surface area contributed by atoms with Crippen molar-refractivity contribution in [2.75, 3.05) is 18.4 Å². The van der Waals surface area contributed by atoms with E-state index in [0.29, 0.717) is 6.04 Å². The normalized spacial score (nSPS) is 17.3. The highest BCUT2D eigenvalue weighted by molar-refractivity contribution is 7.15. The molecule has 6 nitrogen and oxygen atoms in total. The van der Waals surface area contributed by atoms with Crippen LogP contribution in [0.25, 0.3) is 0 Å². The molecule has 140 valence electrons. The molecule has 3 heterocycles. The zero-order valence-corrected chi connectivity index (χ0v) is 16.3. The molecule has 1 aliphatic heterocycles. The van der Waals surface area contributed by atoms with Crippen LogP contribution in [0.4, 0.5) is 10.9 Å². The molecule has 1 unspecified atom stereocenters. The summed E-state index contributed by atoms with van der Waals surface area (Å²) < 4.78 is 0. The van der Waals surface area contributed by atoms with E-state index in [9.17, 15) is 0 Å². The summed E-state index contributed by atoms with van der Waals surface area (Å²) in [7, 11) is 0. The van der Waals surface area contributed by atoms with Gasteiger partial charge in [0.2, 0.25) is 5.13 Å². The molecule has 0 bridgehead atoms. The third kappa shape index (κ3) is 4.48. The van der Waals surface area contributed by atoms with Crippen LogP contribution in [0.15, 0.2) is 42.7 Å². The Bertz CT molecular complexity index is 866. The van der Waals surface area contributed by atoms with Crippen molar-refractivity contribution in [1.29, 1.82) is 0 Å². The predicted octanol–water partition coefficient (Wildman–Crippen LogP) is 4.01. The Morgan fingerprint density at radius 1 is 1.19 bits per heavy atom. The van der Waals surface area contributed by atoms with Crippen molar-refractivity contribution in [1.82, 2.24) is 25.1 Å². The summed E-state index contributed by atoms with van der Waals surface area (Å²) in [4.78, 5) is 11.8.